The van der Waals surface area contributed by atoms with E-state index in [1.54, 1.807) is 6.20 Å². The Morgan fingerprint density at radius 1 is 1.22 bits per heavy atom. The minimum absolute atomic E-state index is 0.446. The number of ether oxygens (including phenoxy) is 1. The average Bonchev–Trinajstić information content (AvgIpc) is 3.06. The zero-order valence-corrected chi connectivity index (χ0v) is 12.1. The summed E-state index contributed by atoms with van der Waals surface area (Å²) >= 11 is 0. The normalized spacial score (nSPS) is 31.0. The Kier molecular flexibility index (Phi) is 4.49. The number of benzene rings is 1. The second kappa shape index (κ2) is 6.55. The first-order valence-corrected chi connectivity index (χ1v) is 7.20. The lowest BCUT2D eigenvalue weighted by molar-refractivity contribution is -0.199. The van der Waals surface area contributed by atoms with Crippen LogP contribution >= 0.6 is 0 Å². The van der Waals surface area contributed by atoms with Gasteiger partial charge in [0.25, 0.3) is 0 Å². The highest BCUT2D eigenvalue weighted by atomic mass is 16.5. The van der Waals surface area contributed by atoms with Crippen LogP contribution in [0.4, 0.5) is 0 Å². The molecule has 0 saturated carbocycles. The second-order valence-corrected chi connectivity index (χ2v) is 5.38. The van der Waals surface area contributed by atoms with Crippen molar-refractivity contribution in [3.63, 3.8) is 0 Å². The molecule has 5 atom stereocenters. The molecule has 0 radical (unpaired) electrons. The monoisotopic (exact) mass is 319 g/mol. The van der Waals surface area contributed by atoms with Gasteiger partial charge in [0.15, 0.2) is 6.29 Å². The van der Waals surface area contributed by atoms with Gasteiger partial charge in [0.2, 0.25) is 0 Å². The minimum Gasteiger partial charge on any atom is -0.394 e. The van der Waals surface area contributed by atoms with Crippen LogP contribution in [0, 0.1) is 0 Å². The molecule has 3 N–H and O–H groups in total. The third-order valence-electron chi connectivity index (χ3n) is 3.95. The Bertz CT molecular complexity index is 662. The first kappa shape index (κ1) is 15.8. The molecule has 0 bridgehead atoms. The van der Waals surface area contributed by atoms with Crippen molar-refractivity contribution >= 4 is 6.29 Å². The SMILES string of the molecule is O=C[C@@H]1O[C@H](CO)[C@H](O)[C@H](n2cc(-c3ccccc3)nn2)[C@H]1O. The van der Waals surface area contributed by atoms with Crippen LogP contribution in [0.2, 0.25) is 0 Å². The van der Waals surface area contributed by atoms with Crippen molar-refractivity contribution in [1.29, 1.82) is 0 Å². The molecule has 23 heavy (non-hydrogen) atoms. The first-order valence-electron chi connectivity index (χ1n) is 7.20. The molecule has 1 saturated heterocycles. The van der Waals surface area contributed by atoms with E-state index >= 15 is 0 Å². The highest BCUT2D eigenvalue weighted by Gasteiger charge is 2.45. The summed E-state index contributed by atoms with van der Waals surface area (Å²) in [6, 6.07) is 8.36. The van der Waals surface area contributed by atoms with Gasteiger partial charge in [-0.25, -0.2) is 4.68 Å². The van der Waals surface area contributed by atoms with E-state index in [2.05, 4.69) is 10.3 Å². The Morgan fingerprint density at radius 2 is 1.96 bits per heavy atom. The van der Waals surface area contributed by atoms with Gasteiger partial charge < -0.3 is 24.9 Å². The van der Waals surface area contributed by atoms with Crippen LogP contribution in [0.25, 0.3) is 11.3 Å². The average molecular weight is 319 g/mol. The fraction of sp³-hybridized carbons (Fsp3) is 0.400. The molecule has 1 aliphatic heterocycles. The van der Waals surface area contributed by atoms with E-state index in [1.165, 1.54) is 4.68 Å². The van der Waals surface area contributed by atoms with Gasteiger partial charge in [0.05, 0.1) is 12.8 Å². The van der Waals surface area contributed by atoms with E-state index in [1.807, 2.05) is 30.3 Å². The second-order valence-electron chi connectivity index (χ2n) is 5.38. The lowest BCUT2D eigenvalue weighted by Gasteiger charge is -2.40. The van der Waals surface area contributed by atoms with Gasteiger partial charge in [0, 0.05) is 5.56 Å². The number of hydrogen-bond acceptors (Lipinski definition) is 7. The molecule has 0 spiro atoms. The Labute approximate surface area is 131 Å². The van der Waals surface area contributed by atoms with Gasteiger partial charge in [-0.3, -0.25) is 0 Å². The molecular weight excluding hydrogens is 302 g/mol. The van der Waals surface area contributed by atoms with Crippen LogP contribution in [-0.2, 0) is 9.53 Å². The number of aliphatic hydroxyl groups excluding tert-OH is 3. The van der Waals surface area contributed by atoms with Crippen molar-refractivity contribution in [2.75, 3.05) is 6.61 Å². The molecule has 1 fully saturated rings. The lowest BCUT2D eigenvalue weighted by Crippen LogP contribution is -2.56. The fourth-order valence-electron chi connectivity index (χ4n) is 2.72. The summed E-state index contributed by atoms with van der Waals surface area (Å²) in [6.07, 6.45) is -2.63. The number of rotatable bonds is 4. The van der Waals surface area contributed by atoms with Gasteiger partial charge in [0.1, 0.15) is 36.2 Å². The van der Waals surface area contributed by atoms with Crippen LogP contribution in [0.15, 0.2) is 36.5 Å². The number of aldehydes is 1. The maximum Gasteiger partial charge on any atom is 0.151 e. The van der Waals surface area contributed by atoms with Crippen LogP contribution in [0.5, 0.6) is 0 Å². The van der Waals surface area contributed by atoms with Crippen molar-refractivity contribution in [2.24, 2.45) is 0 Å². The molecule has 2 aromatic rings. The Balaban J connectivity index is 1.92. The maximum absolute atomic E-state index is 11.0. The number of carbonyl (C=O) groups excluding carboxylic acids is 1. The standard InChI is InChI=1S/C15H17N3O5/c19-7-11-14(21)13(15(22)12(8-20)23-11)18-6-10(16-17-18)9-4-2-1-3-5-9/h1-7,11-15,20-22H,8H2/t11-,12+,13+,14-,15-/m0/s1. The van der Waals surface area contributed by atoms with Crippen molar-refractivity contribution in [3.8, 4) is 11.3 Å². The summed E-state index contributed by atoms with van der Waals surface area (Å²) in [6.45, 7) is -0.477. The molecule has 1 aliphatic rings. The van der Waals surface area contributed by atoms with Gasteiger partial charge in [-0.2, -0.15) is 0 Å². The van der Waals surface area contributed by atoms with Gasteiger partial charge >= 0.3 is 0 Å². The number of aromatic nitrogens is 3. The van der Waals surface area contributed by atoms with Crippen LogP contribution in [0.3, 0.4) is 0 Å². The molecule has 8 nitrogen and oxygen atoms in total. The van der Waals surface area contributed by atoms with Crippen LogP contribution in [0.1, 0.15) is 6.04 Å². The predicted molar refractivity (Wildman–Crippen MR) is 78.3 cm³/mol. The summed E-state index contributed by atoms with van der Waals surface area (Å²) in [5.74, 6) is 0. The number of carbonyl (C=O) groups is 1. The molecule has 0 amide bonds. The van der Waals surface area contributed by atoms with E-state index in [4.69, 9.17) is 4.74 Å². The lowest BCUT2D eigenvalue weighted by atomic mass is 9.93. The van der Waals surface area contributed by atoms with Crippen molar-refractivity contribution < 1.29 is 24.9 Å². The molecular formula is C15H17N3O5. The van der Waals surface area contributed by atoms with Crippen molar-refractivity contribution in [1.82, 2.24) is 15.0 Å². The summed E-state index contributed by atoms with van der Waals surface area (Å²) < 4.78 is 6.48. The highest BCUT2D eigenvalue weighted by Crippen LogP contribution is 2.30. The Hall–Kier alpha value is -2.13. The molecule has 1 aromatic carbocycles. The van der Waals surface area contributed by atoms with E-state index in [0.29, 0.717) is 12.0 Å². The van der Waals surface area contributed by atoms with E-state index in [0.717, 1.165) is 5.56 Å². The summed E-state index contributed by atoms with van der Waals surface area (Å²) in [7, 11) is 0. The van der Waals surface area contributed by atoms with Gasteiger partial charge in [-0.15, -0.1) is 5.10 Å². The molecule has 122 valence electrons. The summed E-state index contributed by atoms with van der Waals surface area (Å²) in [5.41, 5.74) is 1.40. The largest absolute Gasteiger partial charge is 0.394 e. The number of nitrogens with zero attached hydrogens (tertiary/aromatic N) is 3. The molecule has 0 aliphatic carbocycles. The predicted octanol–water partition coefficient (Wildman–Crippen LogP) is -0.833. The number of aliphatic hydroxyl groups is 3. The third kappa shape index (κ3) is 2.89. The van der Waals surface area contributed by atoms with Crippen LogP contribution < -0.4 is 0 Å². The first-order chi connectivity index (χ1) is 11.2. The third-order valence-corrected chi connectivity index (χ3v) is 3.95. The summed E-state index contributed by atoms with van der Waals surface area (Å²) in [5, 5.41) is 37.8. The minimum atomic E-state index is -1.30. The van der Waals surface area contributed by atoms with Gasteiger partial charge in [-0.1, -0.05) is 35.5 Å². The fourth-order valence-corrected chi connectivity index (χ4v) is 2.72. The zero-order valence-electron chi connectivity index (χ0n) is 12.1. The molecule has 2 heterocycles. The molecule has 8 heteroatoms. The Morgan fingerprint density at radius 3 is 2.61 bits per heavy atom. The van der Waals surface area contributed by atoms with Crippen molar-refractivity contribution in [2.45, 2.75) is 30.5 Å². The smallest absolute Gasteiger partial charge is 0.151 e. The van der Waals surface area contributed by atoms with Gasteiger partial charge in [-0.05, 0) is 0 Å². The van der Waals surface area contributed by atoms with Crippen molar-refractivity contribution in [3.05, 3.63) is 36.5 Å². The topological polar surface area (TPSA) is 118 Å². The number of hydrogen-bond donors (Lipinski definition) is 3. The van der Waals surface area contributed by atoms with E-state index in [-0.39, 0.29) is 0 Å². The quantitative estimate of drug-likeness (QED) is 0.629. The maximum atomic E-state index is 11.0. The molecule has 0 unspecified atom stereocenters. The van der Waals surface area contributed by atoms with E-state index in [9.17, 15) is 20.1 Å². The van der Waals surface area contributed by atoms with Crippen LogP contribution in [-0.4, -0.2) is 67.6 Å². The summed E-state index contributed by atoms with van der Waals surface area (Å²) in [4.78, 5) is 11.0. The zero-order chi connectivity index (χ0) is 16.4. The van der Waals surface area contributed by atoms with E-state index < -0.39 is 37.1 Å². The highest BCUT2D eigenvalue weighted by molar-refractivity contribution is 5.58. The molecule has 1 aromatic heterocycles. The molecule has 3 rings (SSSR count).